The van der Waals surface area contributed by atoms with Gasteiger partial charge < -0.3 is 25.2 Å². The molecular formula is C23H28N2O6. The molecule has 8 heteroatoms. The van der Waals surface area contributed by atoms with E-state index in [1.54, 1.807) is 12.1 Å². The highest BCUT2D eigenvalue weighted by Gasteiger charge is 2.27. The molecule has 0 bridgehead atoms. The maximum absolute atomic E-state index is 12.8. The first kappa shape index (κ1) is 23.7. The molecule has 3 N–H and O–H groups in total. The van der Waals surface area contributed by atoms with Crippen LogP contribution < -0.4 is 10.6 Å². The summed E-state index contributed by atoms with van der Waals surface area (Å²) in [6.07, 6.45) is 0.471. The van der Waals surface area contributed by atoms with Gasteiger partial charge in [0.15, 0.2) is 0 Å². The third-order valence-electron chi connectivity index (χ3n) is 4.58. The first-order chi connectivity index (χ1) is 14.9. The van der Waals surface area contributed by atoms with Crippen molar-refractivity contribution in [2.75, 3.05) is 7.11 Å². The molecule has 8 nitrogen and oxygen atoms in total. The number of aromatic hydroxyl groups is 1. The summed E-state index contributed by atoms with van der Waals surface area (Å²) in [5.74, 6) is -1.01. The van der Waals surface area contributed by atoms with E-state index in [2.05, 4.69) is 10.6 Å². The molecule has 2 amide bonds. The second kappa shape index (κ2) is 12.2. The molecule has 2 aromatic rings. The van der Waals surface area contributed by atoms with Gasteiger partial charge in [-0.25, -0.2) is 9.59 Å². The van der Waals surface area contributed by atoms with Crippen LogP contribution in [0.2, 0.25) is 0 Å². The third-order valence-corrected chi connectivity index (χ3v) is 4.58. The summed E-state index contributed by atoms with van der Waals surface area (Å²) in [5.41, 5.74) is 1.56. The Balaban J connectivity index is 1.98. The fourth-order valence-corrected chi connectivity index (χ4v) is 2.94. The number of benzene rings is 2. The highest BCUT2D eigenvalue weighted by molar-refractivity contribution is 5.89. The zero-order chi connectivity index (χ0) is 22.6. The fourth-order valence-electron chi connectivity index (χ4n) is 2.94. The topological polar surface area (TPSA) is 114 Å². The Kier molecular flexibility index (Phi) is 9.35. The molecule has 0 spiro atoms. The van der Waals surface area contributed by atoms with Crippen molar-refractivity contribution >= 4 is 18.0 Å². The van der Waals surface area contributed by atoms with Crippen molar-refractivity contribution in [1.29, 1.82) is 0 Å². The van der Waals surface area contributed by atoms with Crippen LogP contribution in [0.25, 0.3) is 0 Å². The predicted molar refractivity (Wildman–Crippen MR) is 114 cm³/mol. The lowest BCUT2D eigenvalue weighted by Gasteiger charge is -2.22. The van der Waals surface area contributed by atoms with Crippen molar-refractivity contribution in [3.63, 3.8) is 0 Å². The number of ether oxygens (including phenoxy) is 2. The molecule has 0 aliphatic rings. The minimum absolute atomic E-state index is 0.0821. The number of rotatable bonds is 10. The van der Waals surface area contributed by atoms with E-state index in [1.807, 2.05) is 37.3 Å². The number of esters is 1. The summed E-state index contributed by atoms with van der Waals surface area (Å²) in [7, 11) is 1.24. The molecule has 0 radical (unpaired) electrons. The van der Waals surface area contributed by atoms with Gasteiger partial charge in [-0.2, -0.15) is 0 Å². The van der Waals surface area contributed by atoms with Gasteiger partial charge in [0.25, 0.3) is 0 Å². The van der Waals surface area contributed by atoms with Crippen LogP contribution in [-0.4, -0.2) is 42.3 Å². The minimum Gasteiger partial charge on any atom is -0.508 e. The van der Waals surface area contributed by atoms with Crippen LogP contribution in [0.1, 0.15) is 30.9 Å². The van der Waals surface area contributed by atoms with E-state index in [-0.39, 0.29) is 18.8 Å². The molecule has 0 heterocycles. The quantitative estimate of drug-likeness (QED) is 0.502. The number of hydrogen-bond acceptors (Lipinski definition) is 6. The Hall–Kier alpha value is -3.55. The number of nitrogens with one attached hydrogen (secondary N) is 2. The van der Waals surface area contributed by atoms with Crippen LogP contribution in [0, 0.1) is 0 Å². The lowest BCUT2D eigenvalue weighted by Crippen LogP contribution is -2.52. The summed E-state index contributed by atoms with van der Waals surface area (Å²) in [4.78, 5) is 37.1. The van der Waals surface area contributed by atoms with E-state index in [0.717, 1.165) is 11.1 Å². The molecule has 0 aliphatic heterocycles. The zero-order valence-electron chi connectivity index (χ0n) is 17.7. The Morgan fingerprint density at radius 1 is 0.935 bits per heavy atom. The van der Waals surface area contributed by atoms with Gasteiger partial charge in [0.05, 0.1) is 7.11 Å². The van der Waals surface area contributed by atoms with Gasteiger partial charge in [-0.1, -0.05) is 55.8 Å². The number of hydrogen-bond donors (Lipinski definition) is 3. The molecule has 0 aliphatic carbocycles. The molecule has 0 fully saturated rings. The van der Waals surface area contributed by atoms with Gasteiger partial charge in [-0.05, 0) is 29.7 Å². The van der Waals surface area contributed by atoms with Crippen molar-refractivity contribution < 1.29 is 29.0 Å². The van der Waals surface area contributed by atoms with Crippen LogP contribution in [-0.2, 0) is 32.1 Å². The average Bonchev–Trinajstić information content (AvgIpc) is 2.78. The van der Waals surface area contributed by atoms with E-state index in [4.69, 9.17) is 9.47 Å². The first-order valence-corrected chi connectivity index (χ1v) is 10.1. The maximum Gasteiger partial charge on any atom is 0.408 e. The number of methoxy groups -OCH3 is 1. The highest BCUT2D eigenvalue weighted by atomic mass is 16.5. The van der Waals surface area contributed by atoms with E-state index in [0.29, 0.717) is 12.8 Å². The van der Waals surface area contributed by atoms with Crippen LogP contribution in [0.4, 0.5) is 4.79 Å². The Morgan fingerprint density at radius 3 is 2.23 bits per heavy atom. The molecule has 0 saturated carbocycles. The summed E-state index contributed by atoms with van der Waals surface area (Å²) in [6, 6.07) is 13.7. The molecule has 0 aromatic heterocycles. The second-order valence-electron chi connectivity index (χ2n) is 7.00. The van der Waals surface area contributed by atoms with Crippen molar-refractivity contribution in [3.05, 3.63) is 65.7 Å². The van der Waals surface area contributed by atoms with E-state index >= 15 is 0 Å². The van der Waals surface area contributed by atoms with Crippen LogP contribution in [0.15, 0.2) is 54.6 Å². The van der Waals surface area contributed by atoms with Crippen molar-refractivity contribution in [2.45, 2.75) is 44.9 Å². The van der Waals surface area contributed by atoms with E-state index in [9.17, 15) is 19.5 Å². The first-order valence-electron chi connectivity index (χ1n) is 10.1. The summed E-state index contributed by atoms with van der Waals surface area (Å²) in [5, 5.41) is 14.6. The van der Waals surface area contributed by atoms with Crippen molar-refractivity contribution in [3.8, 4) is 5.75 Å². The van der Waals surface area contributed by atoms with Gasteiger partial charge in [-0.15, -0.1) is 0 Å². The number of carbonyl (C=O) groups is 3. The van der Waals surface area contributed by atoms with E-state index in [1.165, 1.54) is 19.2 Å². The molecule has 166 valence electrons. The van der Waals surface area contributed by atoms with Gasteiger partial charge in [0.2, 0.25) is 5.91 Å². The summed E-state index contributed by atoms with van der Waals surface area (Å²) < 4.78 is 9.99. The Labute approximate surface area is 181 Å². The lowest BCUT2D eigenvalue weighted by atomic mass is 10.0. The minimum atomic E-state index is -0.941. The summed E-state index contributed by atoms with van der Waals surface area (Å²) >= 11 is 0. The SMILES string of the molecule is CCC[C@@H](NC(=O)OCc1ccccc1)C(=O)N[C@@H](Cc1ccc(O)cc1)C(=O)OC. The molecule has 2 aromatic carbocycles. The Morgan fingerprint density at radius 2 is 1.61 bits per heavy atom. The maximum atomic E-state index is 12.8. The number of carbonyl (C=O) groups excluding carboxylic acids is 3. The van der Waals surface area contributed by atoms with Gasteiger partial charge in [0.1, 0.15) is 24.4 Å². The average molecular weight is 428 g/mol. The van der Waals surface area contributed by atoms with Gasteiger partial charge in [-0.3, -0.25) is 4.79 Å². The molecule has 2 rings (SSSR count). The van der Waals surface area contributed by atoms with Gasteiger partial charge in [0, 0.05) is 6.42 Å². The van der Waals surface area contributed by atoms with Crippen LogP contribution in [0.3, 0.4) is 0 Å². The highest BCUT2D eigenvalue weighted by Crippen LogP contribution is 2.12. The predicted octanol–water partition coefficient (Wildman–Crippen LogP) is 2.69. The normalized spacial score (nSPS) is 12.3. The Bertz CT molecular complexity index is 854. The lowest BCUT2D eigenvalue weighted by molar-refractivity contribution is -0.145. The molecule has 31 heavy (non-hydrogen) atoms. The van der Waals surface area contributed by atoms with Crippen LogP contribution >= 0.6 is 0 Å². The van der Waals surface area contributed by atoms with Gasteiger partial charge >= 0.3 is 12.1 Å². The molecule has 0 saturated heterocycles. The monoisotopic (exact) mass is 428 g/mol. The number of phenolic OH excluding ortho intramolecular Hbond substituents is 1. The van der Waals surface area contributed by atoms with E-state index < -0.39 is 30.1 Å². The molecule has 2 atom stereocenters. The zero-order valence-corrected chi connectivity index (χ0v) is 17.7. The number of alkyl carbamates (subject to hydrolysis) is 1. The largest absolute Gasteiger partial charge is 0.508 e. The molecule has 0 unspecified atom stereocenters. The summed E-state index contributed by atoms with van der Waals surface area (Å²) in [6.45, 7) is 1.96. The number of amides is 2. The third kappa shape index (κ3) is 8.00. The molecular weight excluding hydrogens is 400 g/mol. The smallest absolute Gasteiger partial charge is 0.408 e. The van der Waals surface area contributed by atoms with Crippen molar-refractivity contribution in [2.24, 2.45) is 0 Å². The second-order valence-corrected chi connectivity index (χ2v) is 7.00. The van der Waals surface area contributed by atoms with Crippen molar-refractivity contribution in [1.82, 2.24) is 10.6 Å². The standard InChI is InChI=1S/C23H28N2O6/c1-3-7-19(25-23(29)31-15-17-8-5-4-6-9-17)21(27)24-20(22(28)30-2)14-16-10-12-18(26)13-11-16/h4-6,8-13,19-20,26H,3,7,14-15H2,1-2H3,(H,24,27)(H,25,29)/t19-,20+/m1/s1. The fraction of sp³-hybridized carbons (Fsp3) is 0.348. The van der Waals surface area contributed by atoms with Crippen LogP contribution in [0.5, 0.6) is 5.75 Å². The number of phenols is 1.